The van der Waals surface area contributed by atoms with E-state index in [9.17, 15) is 4.39 Å². The molecule has 1 aromatic carbocycles. The van der Waals surface area contributed by atoms with E-state index in [0.29, 0.717) is 17.0 Å². The highest BCUT2D eigenvalue weighted by atomic mass is 79.9. The van der Waals surface area contributed by atoms with Gasteiger partial charge < -0.3 is 15.5 Å². The number of furan rings is 1. The number of benzene rings is 1. The Labute approximate surface area is 121 Å². The molecule has 0 radical (unpaired) electrons. The molecule has 2 rings (SSSR count). The summed E-state index contributed by atoms with van der Waals surface area (Å²) in [5, 5.41) is 3.19. The van der Waals surface area contributed by atoms with Gasteiger partial charge in [0, 0.05) is 12.2 Å². The zero-order valence-corrected chi connectivity index (χ0v) is 12.5. The first-order valence-corrected chi connectivity index (χ1v) is 6.85. The zero-order valence-electron chi connectivity index (χ0n) is 9.29. The lowest BCUT2D eigenvalue weighted by Crippen LogP contribution is -2.20. The first kappa shape index (κ1) is 13.6. The predicted octanol–water partition coefficient (Wildman–Crippen LogP) is 4.06. The number of nitrogens with two attached hydrogens (primary N) is 1. The zero-order chi connectivity index (χ0) is 13.1. The first-order chi connectivity index (χ1) is 8.60. The van der Waals surface area contributed by atoms with Crippen LogP contribution in [0, 0.1) is 5.82 Å². The minimum atomic E-state index is -0.270. The summed E-state index contributed by atoms with van der Waals surface area (Å²) in [7, 11) is 0. The van der Waals surface area contributed by atoms with Crippen LogP contribution in [0.4, 0.5) is 10.1 Å². The number of nitrogens with one attached hydrogen (secondary N) is 1. The van der Waals surface area contributed by atoms with Crippen LogP contribution in [0.2, 0.25) is 0 Å². The number of hydrogen-bond donors (Lipinski definition) is 2. The molecule has 0 aliphatic rings. The largest absolute Gasteiger partial charge is 0.451 e. The third-order valence-electron chi connectivity index (χ3n) is 2.43. The highest BCUT2D eigenvalue weighted by Gasteiger charge is 2.16. The molecule has 0 bridgehead atoms. The molecule has 3 nitrogen and oxygen atoms in total. The fraction of sp³-hybridized carbons (Fsp3) is 0.167. The molecule has 0 saturated heterocycles. The van der Waals surface area contributed by atoms with Crippen LogP contribution in [0.3, 0.4) is 0 Å². The maximum Gasteiger partial charge on any atom is 0.183 e. The van der Waals surface area contributed by atoms with Crippen molar-refractivity contribution in [3.8, 4) is 0 Å². The molecule has 0 fully saturated rings. The summed E-state index contributed by atoms with van der Waals surface area (Å²) in [6.45, 7) is 0.365. The fourth-order valence-corrected chi connectivity index (χ4v) is 2.14. The summed E-state index contributed by atoms with van der Waals surface area (Å²) in [5.74, 6) is 0.439. The molecule has 1 atom stereocenters. The highest BCUT2D eigenvalue weighted by Crippen LogP contribution is 2.31. The van der Waals surface area contributed by atoms with E-state index >= 15 is 0 Å². The lowest BCUT2D eigenvalue weighted by molar-refractivity contribution is 0.462. The van der Waals surface area contributed by atoms with Crippen LogP contribution in [0.5, 0.6) is 0 Å². The van der Waals surface area contributed by atoms with E-state index in [1.165, 1.54) is 12.1 Å². The molecule has 6 heteroatoms. The number of hydrogen-bond acceptors (Lipinski definition) is 3. The quantitative estimate of drug-likeness (QED) is 0.844. The van der Waals surface area contributed by atoms with E-state index in [-0.39, 0.29) is 11.9 Å². The van der Waals surface area contributed by atoms with Crippen molar-refractivity contribution in [3.63, 3.8) is 0 Å². The Hall–Kier alpha value is -0.850. The second-order valence-electron chi connectivity index (χ2n) is 3.71. The fourth-order valence-electron chi connectivity index (χ4n) is 1.53. The molecule has 0 saturated carbocycles. The molecule has 0 aliphatic heterocycles. The van der Waals surface area contributed by atoms with Crippen LogP contribution in [-0.2, 0) is 0 Å². The Morgan fingerprint density at radius 3 is 2.44 bits per heavy atom. The smallest absolute Gasteiger partial charge is 0.183 e. The molecular formula is C12H11Br2FN2O. The van der Waals surface area contributed by atoms with Crippen molar-refractivity contribution in [2.24, 2.45) is 5.73 Å². The molecule has 1 unspecified atom stereocenters. The van der Waals surface area contributed by atoms with E-state index in [0.717, 1.165) is 10.2 Å². The Morgan fingerprint density at radius 2 is 1.94 bits per heavy atom. The van der Waals surface area contributed by atoms with E-state index in [1.807, 2.05) is 6.07 Å². The van der Waals surface area contributed by atoms with Gasteiger partial charge in [0.25, 0.3) is 0 Å². The highest BCUT2D eigenvalue weighted by molar-refractivity contribution is 9.13. The summed E-state index contributed by atoms with van der Waals surface area (Å²) in [6, 6.07) is 7.78. The molecule has 0 aliphatic carbocycles. The summed E-state index contributed by atoms with van der Waals surface area (Å²) in [4.78, 5) is 0. The molecule has 1 heterocycles. The van der Waals surface area contributed by atoms with Crippen molar-refractivity contribution >= 4 is 37.5 Å². The van der Waals surface area contributed by atoms with Gasteiger partial charge in [-0.3, -0.25) is 0 Å². The van der Waals surface area contributed by atoms with Gasteiger partial charge in [0.15, 0.2) is 4.67 Å². The van der Waals surface area contributed by atoms with Gasteiger partial charge in [-0.25, -0.2) is 4.39 Å². The Bertz CT molecular complexity index is 508. The second-order valence-corrected chi connectivity index (χ2v) is 5.28. The Morgan fingerprint density at radius 1 is 1.28 bits per heavy atom. The monoisotopic (exact) mass is 376 g/mol. The maximum absolute atomic E-state index is 12.8. The second kappa shape index (κ2) is 5.86. The standard InChI is InChI=1S/C12H11Br2FN2O/c13-9-5-11(18-12(9)14)10(6-16)17-8-3-1-7(15)2-4-8/h1-5,10,17H,6,16H2. The third-order valence-corrected chi connectivity index (χ3v) is 4.14. The van der Waals surface area contributed by atoms with E-state index in [4.69, 9.17) is 10.2 Å². The van der Waals surface area contributed by atoms with Crippen LogP contribution < -0.4 is 11.1 Å². The van der Waals surface area contributed by atoms with Crippen LogP contribution in [0.1, 0.15) is 11.8 Å². The van der Waals surface area contributed by atoms with Crippen molar-refractivity contribution < 1.29 is 8.81 Å². The van der Waals surface area contributed by atoms with Gasteiger partial charge in [0.05, 0.1) is 10.5 Å². The van der Waals surface area contributed by atoms with Gasteiger partial charge in [-0.1, -0.05) is 0 Å². The summed E-state index contributed by atoms with van der Waals surface area (Å²) < 4.78 is 19.8. The summed E-state index contributed by atoms with van der Waals surface area (Å²) in [5.41, 5.74) is 6.50. The van der Waals surface area contributed by atoms with Gasteiger partial charge in [0.2, 0.25) is 0 Å². The molecule has 2 aromatic rings. The van der Waals surface area contributed by atoms with Crippen molar-refractivity contribution in [3.05, 3.63) is 51.1 Å². The van der Waals surface area contributed by atoms with Gasteiger partial charge in [-0.2, -0.15) is 0 Å². The van der Waals surface area contributed by atoms with E-state index < -0.39 is 0 Å². The lowest BCUT2D eigenvalue weighted by Gasteiger charge is -2.15. The van der Waals surface area contributed by atoms with Crippen LogP contribution in [0.15, 0.2) is 43.9 Å². The summed E-state index contributed by atoms with van der Waals surface area (Å²) >= 11 is 6.63. The van der Waals surface area contributed by atoms with Crippen LogP contribution >= 0.6 is 31.9 Å². The SMILES string of the molecule is NCC(Nc1ccc(F)cc1)c1cc(Br)c(Br)o1. The van der Waals surface area contributed by atoms with Gasteiger partial charge in [-0.15, -0.1) is 0 Å². The van der Waals surface area contributed by atoms with Gasteiger partial charge in [-0.05, 0) is 62.2 Å². The van der Waals surface area contributed by atoms with Gasteiger partial charge in [0.1, 0.15) is 11.6 Å². The molecule has 0 spiro atoms. The van der Waals surface area contributed by atoms with Crippen LogP contribution in [0.25, 0.3) is 0 Å². The maximum atomic E-state index is 12.8. The topological polar surface area (TPSA) is 51.2 Å². The molecule has 96 valence electrons. The molecule has 0 amide bonds. The number of halogens is 3. The molecule has 18 heavy (non-hydrogen) atoms. The molecular weight excluding hydrogens is 367 g/mol. The number of rotatable bonds is 4. The lowest BCUT2D eigenvalue weighted by atomic mass is 10.2. The summed E-state index contributed by atoms with van der Waals surface area (Å²) in [6.07, 6.45) is 0. The minimum Gasteiger partial charge on any atom is -0.451 e. The Balaban J connectivity index is 2.16. The van der Waals surface area contributed by atoms with Crippen molar-refractivity contribution in [1.82, 2.24) is 0 Å². The average Bonchev–Trinajstić information content (AvgIpc) is 2.69. The third kappa shape index (κ3) is 3.13. The normalized spacial score (nSPS) is 12.4. The Kier molecular flexibility index (Phi) is 4.42. The predicted molar refractivity (Wildman–Crippen MR) is 75.9 cm³/mol. The molecule has 3 N–H and O–H groups in total. The van der Waals surface area contributed by atoms with E-state index in [2.05, 4.69) is 37.2 Å². The van der Waals surface area contributed by atoms with Crippen molar-refractivity contribution in [2.45, 2.75) is 6.04 Å². The van der Waals surface area contributed by atoms with Crippen molar-refractivity contribution in [1.29, 1.82) is 0 Å². The minimum absolute atomic E-state index is 0.168. The van der Waals surface area contributed by atoms with Crippen LogP contribution in [-0.4, -0.2) is 6.54 Å². The number of anilines is 1. The van der Waals surface area contributed by atoms with Crippen molar-refractivity contribution in [2.75, 3.05) is 11.9 Å². The first-order valence-electron chi connectivity index (χ1n) is 5.27. The van der Waals surface area contributed by atoms with Gasteiger partial charge >= 0.3 is 0 Å². The van der Waals surface area contributed by atoms with E-state index in [1.54, 1.807) is 12.1 Å². The molecule has 1 aromatic heterocycles. The average molecular weight is 378 g/mol.